The molecule has 2 aliphatic rings. The number of carboxylic acids is 1. The number of halogens is 1. The number of fused-ring (bicyclic) bond motifs is 1. The summed E-state index contributed by atoms with van der Waals surface area (Å²) in [6.07, 6.45) is 1.47. The monoisotopic (exact) mass is 423 g/mol. The average molecular weight is 424 g/mol. The van der Waals surface area contributed by atoms with Crippen molar-refractivity contribution >= 4 is 28.9 Å². The van der Waals surface area contributed by atoms with Crippen molar-refractivity contribution in [3.8, 4) is 5.75 Å². The molecule has 28 heavy (non-hydrogen) atoms. The summed E-state index contributed by atoms with van der Waals surface area (Å²) in [4.78, 5) is 15.2. The largest absolute Gasteiger partial charge is 0.493 e. The fourth-order valence-electron chi connectivity index (χ4n) is 4.18. The normalized spacial score (nSPS) is 29.5. The second-order valence-corrected chi connectivity index (χ2v) is 8.77. The van der Waals surface area contributed by atoms with Crippen molar-refractivity contribution in [3.05, 3.63) is 44.9 Å². The molecule has 1 aromatic heterocycles. The van der Waals surface area contributed by atoms with Crippen LogP contribution in [0.5, 0.6) is 5.75 Å². The van der Waals surface area contributed by atoms with E-state index in [1.54, 1.807) is 5.38 Å². The summed E-state index contributed by atoms with van der Waals surface area (Å²) >= 11 is 7.37. The predicted molar refractivity (Wildman–Crippen MR) is 105 cm³/mol. The van der Waals surface area contributed by atoms with Crippen LogP contribution in [0, 0.1) is 18.8 Å². The first kappa shape index (κ1) is 19.6. The second kappa shape index (κ2) is 7.99. The molecular formula is C20H22ClNO5S. The van der Waals surface area contributed by atoms with Gasteiger partial charge in [-0.05, 0) is 49.4 Å². The van der Waals surface area contributed by atoms with Crippen LogP contribution in [0.15, 0.2) is 23.6 Å². The van der Waals surface area contributed by atoms with E-state index in [9.17, 15) is 9.90 Å². The molecule has 0 amide bonds. The number of carboxylic acid groups (broad SMARTS) is 1. The van der Waals surface area contributed by atoms with Crippen molar-refractivity contribution in [2.75, 3.05) is 6.61 Å². The summed E-state index contributed by atoms with van der Waals surface area (Å²) in [7, 11) is 0. The smallest absolute Gasteiger partial charge is 0.355 e. The Morgan fingerprint density at radius 2 is 2.25 bits per heavy atom. The van der Waals surface area contributed by atoms with Crippen molar-refractivity contribution in [1.82, 2.24) is 4.98 Å². The number of thiazole rings is 1. The molecule has 1 aliphatic carbocycles. The highest BCUT2D eigenvalue weighted by atomic mass is 35.5. The Morgan fingerprint density at radius 3 is 2.96 bits per heavy atom. The van der Waals surface area contributed by atoms with Gasteiger partial charge in [0.05, 0.1) is 18.8 Å². The van der Waals surface area contributed by atoms with Crippen molar-refractivity contribution < 1.29 is 24.5 Å². The number of aromatic carboxylic acids is 1. The van der Waals surface area contributed by atoms with Crippen LogP contribution in [0.4, 0.5) is 0 Å². The van der Waals surface area contributed by atoms with Crippen molar-refractivity contribution in [1.29, 1.82) is 0 Å². The highest BCUT2D eigenvalue weighted by Crippen LogP contribution is 2.46. The molecule has 4 rings (SSSR count). The molecule has 2 heterocycles. The standard InChI is InChI=1S/C20H22ClNO5S/c1-10-6-11(2-4-14(10)21)26-8-13-12-3-5-17(27-18(12)7-16(13)23)19-22-15(9-28-19)20(24)25/h2,4,6,9,12-13,16-18,23H,3,5,7-8H2,1H3,(H,24,25)/t12-,13-,16+,17-,18+/m1/s1. The Bertz CT molecular complexity index is 872. The zero-order valence-electron chi connectivity index (χ0n) is 15.4. The zero-order chi connectivity index (χ0) is 19.8. The third-order valence-electron chi connectivity index (χ3n) is 5.69. The van der Waals surface area contributed by atoms with Gasteiger partial charge in [0.2, 0.25) is 0 Å². The molecule has 5 atom stereocenters. The molecule has 0 unspecified atom stereocenters. The van der Waals surface area contributed by atoms with E-state index in [-0.39, 0.29) is 29.7 Å². The minimum Gasteiger partial charge on any atom is -0.493 e. The SMILES string of the molecule is Cc1cc(OC[C@@H]2[C@H]3CC[C@H](c4nc(C(=O)O)cs4)O[C@H]3C[C@@H]2O)ccc1Cl. The number of benzene rings is 1. The Balaban J connectivity index is 1.39. The van der Waals surface area contributed by atoms with Gasteiger partial charge in [-0.2, -0.15) is 0 Å². The highest BCUT2D eigenvalue weighted by molar-refractivity contribution is 7.09. The van der Waals surface area contributed by atoms with E-state index in [0.29, 0.717) is 23.1 Å². The fraction of sp³-hybridized carbons (Fsp3) is 0.500. The highest BCUT2D eigenvalue weighted by Gasteiger charge is 2.47. The van der Waals surface area contributed by atoms with E-state index in [0.717, 1.165) is 24.2 Å². The van der Waals surface area contributed by atoms with Gasteiger partial charge >= 0.3 is 5.97 Å². The zero-order valence-corrected chi connectivity index (χ0v) is 16.9. The van der Waals surface area contributed by atoms with Crippen LogP contribution in [0.25, 0.3) is 0 Å². The third kappa shape index (κ3) is 3.89. The first-order valence-corrected chi connectivity index (χ1v) is 10.6. The number of aromatic nitrogens is 1. The molecule has 2 fully saturated rings. The van der Waals surface area contributed by atoms with Gasteiger partial charge in [0.25, 0.3) is 0 Å². The molecule has 6 nitrogen and oxygen atoms in total. The number of carbonyl (C=O) groups is 1. The molecule has 1 aliphatic heterocycles. The summed E-state index contributed by atoms with van der Waals surface area (Å²) in [5.74, 6) is -0.0513. The summed E-state index contributed by atoms with van der Waals surface area (Å²) in [6, 6.07) is 5.55. The molecule has 1 saturated heterocycles. The van der Waals surface area contributed by atoms with Gasteiger partial charge in [0, 0.05) is 22.7 Å². The molecule has 2 N–H and O–H groups in total. The molecule has 1 saturated carbocycles. The van der Waals surface area contributed by atoms with Crippen LogP contribution in [-0.4, -0.2) is 40.0 Å². The number of ether oxygens (including phenoxy) is 2. The fourth-order valence-corrected chi connectivity index (χ4v) is 5.16. The number of aryl methyl sites for hydroxylation is 1. The number of aliphatic hydroxyl groups is 1. The van der Waals surface area contributed by atoms with Gasteiger partial charge in [-0.15, -0.1) is 11.3 Å². The van der Waals surface area contributed by atoms with Gasteiger partial charge in [-0.3, -0.25) is 0 Å². The number of hydrogen-bond acceptors (Lipinski definition) is 6. The van der Waals surface area contributed by atoms with Crippen LogP contribution in [-0.2, 0) is 4.74 Å². The van der Waals surface area contributed by atoms with Crippen LogP contribution in [0.2, 0.25) is 5.02 Å². The van der Waals surface area contributed by atoms with E-state index in [4.69, 9.17) is 26.2 Å². The third-order valence-corrected chi connectivity index (χ3v) is 7.05. The number of rotatable bonds is 5. The quantitative estimate of drug-likeness (QED) is 0.752. The Kier molecular flexibility index (Phi) is 5.60. The summed E-state index contributed by atoms with van der Waals surface area (Å²) in [5.41, 5.74) is 1.01. The van der Waals surface area contributed by atoms with Gasteiger partial charge in [0.1, 0.15) is 16.9 Å². The first-order valence-electron chi connectivity index (χ1n) is 9.33. The van der Waals surface area contributed by atoms with E-state index < -0.39 is 12.1 Å². The van der Waals surface area contributed by atoms with Crippen LogP contribution in [0.1, 0.15) is 46.4 Å². The second-order valence-electron chi connectivity index (χ2n) is 7.47. The average Bonchev–Trinajstić information content (AvgIpc) is 3.27. The molecule has 8 heteroatoms. The Morgan fingerprint density at radius 1 is 1.43 bits per heavy atom. The topological polar surface area (TPSA) is 88.9 Å². The van der Waals surface area contributed by atoms with Gasteiger partial charge in [-0.1, -0.05) is 11.6 Å². The van der Waals surface area contributed by atoms with Crippen molar-refractivity contribution in [3.63, 3.8) is 0 Å². The predicted octanol–water partition coefficient (Wildman–Crippen LogP) is 4.10. The van der Waals surface area contributed by atoms with Crippen molar-refractivity contribution in [2.45, 2.75) is 44.5 Å². The summed E-state index contributed by atoms with van der Waals surface area (Å²) in [6.45, 7) is 2.36. The molecule has 2 aromatic rings. The van der Waals surface area contributed by atoms with E-state index in [1.165, 1.54) is 11.3 Å². The lowest BCUT2D eigenvalue weighted by atomic mass is 9.87. The lowest BCUT2D eigenvalue weighted by Gasteiger charge is -2.33. The molecule has 150 valence electrons. The number of nitrogens with zero attached hydrogens (tertiary/aromatic N) is 1. The minimum absolute atomic E-state index is 0.00723. The Hall–Kier alpha value is -1.67. The van der Waals surface area contributed by atoms with Gasteiger partial charge in [0.15, 0.2) is 5.69 Å². The molecule has 0 bridgehead atoms. The van der Waals surface area contributed by atoms with E-state index >= 15 is 0 Å². The number of aliphatic hydroxyl groups excluding tert-OH is 1. The molecule has 0 spiro atoms. The minimum atomic E-state index is -1.03. The van der Waals surface area contributed by atoms with Crippen LogP contribution in [0.3, 0.4) is 0 Å². The van der Waals surface area contributed by atoms with Gasteiger partial charge < -0.3 is 19.7 Å². The first-order chi connectivity index (χ1) is 13.4. The van der Waals surface area contributed by atoms with Gasteiger partial charge in [-0.25, -0.2) is 9.78 Å². The lowest BCUT2D eigenvalue weighted by molar-refractivity contribution is -0.0811. The molecule has 1 aromatic carbocycles. The summed E-state index contributed by atoms with van der Waals surface area (Å²) in [5, 5.41) is 22.6. The Labute approximate surface area is 172 Å². The number of hydrogen-bond donors (Lipinski definition) is 2. The maximum absolute atomic E-state index is 11.0. The molecule has 0 radical (unpaired) electrons. The van der Waals surface area contributed by atoms with Crippen molar-refractivity contribution in [2.24, 2.45) is 11.8 Å². The summed E-state index contributed by atoms with van der Waals surface area (Å²) < 4.78 is 12.1. The van der Waals surface area contributed by atoms with Crippen LogP contribution < -0.4 is 4.74 Å². The van der Waals surface area contributed by atoms with Crippen LogP contribution >= 0.6 is 22.9 Å². The van der Waals surface area contributed by atoms with E-state index in [1.807, 2.05) is 25.1 Å². The lowest BCUT2D eigenvalue weighted by Crippen LogP contribution is -2.33. The maximum Gasteiger partial charge on any atom is 0.355 e. The molecular weight excluding hydrogens is 402 g/mol. The van der Waals surface area contributed by atoms with E-state index in [2.05, 4.69) is 4.98 Å². The maximum atomic E-state index is 11.0.